The number of nitrogens with one attached hydrogen (secondary N) is 1. The minimum atomic E-state index is 0.326. The van der Waals surface area contributed by atoms with Crippen molar-refractivity contribution < 1.29 is 4.74 Å². The molecule has 0 aromatic carbocycles. The lowest BCUT2D eigenvalue weighted by Crippen LogP contribution is -2.45. The van der Waals surface area contributed by atoms with Crippen LogP contribution in [0.1, 0.15) is 40.5 Å². The fraction of sp³-hybridized carbons (Fsp3) is 1.00. The van der Waals surface area contributed by atoms with Gasteiger partial charge in [0.1, 0.15) is 0 Å². The van der Waals surface area contributed by atoms with Crippen molar-refractivity contribution in [2.24, 2.45) is 17.7 Å². The van der Waals surface area contributed by atoms with Crippen LogP contribution in [0.4, 0.5) is 0 Å². The molecule has 3 N–H and O–H groups in total. The number of nitrogens with two attached hydrogens (primary N) is 1. The molecule has 0 spiro atoms. The molecule has 14 heavy (non-hydrogen) atoms. The Hall–Kier alpha value is -0.120. The number of hydrogen-bond acceptors (Lipinski definition) is 3. The van der Waals surface area contributed by atoms with E-state index in [9.17, 15) is 0 Å². The highest BCUT2D eigenvalue weighted by Crippen LogP contribution is 2.35. The predicted molar refractivity (Wildman–Crippen MR) is 58.7 cm³/mol. The summed E-state index contributed by atoms with van der Waals surface area (Å²) in [5.41, 5.74) is 2.95. The summed E-state index contributed by atoms with van der Waals surface area (Å²) in [5, 5.41) is 0. The number of rotatable bonds is 4. The molecular weight excluding hydrogens is 176 g/mol. The SMILES string of the molecule is CCCC(NN)C1C(C)OC(C)C1C. The molecule has 0 bridgehead atoms. The second kappa shape index (κ2) is 5.10. The average molecular weight is 200 g/mol. The van der Waals surface area contributed by atoms with Crippen LogP contribution in [0.5, 0.6) is 0 Å². The standard InChI is InChI=1S/C11H24N2O/c1-5-6-10(13-12)11-7(2)8(3)14-9(11)4/h7-11,13H,5-6,12H2,1-4H3. The Kier molecular flexibility index (Phi) is 4.35. The molecule has 0 radical (unpaired) electrons. The molecule has 0 aromatic rings. The Balaban J connectivity index is 2.63. The van der Waals surface area contributed by atoms with E-state index in [1.54, 1.807) is 0 Å². The van der Waals surface area contributed by atoms with Crippen LogP contribution >= 0.6 is 0 Å². The van der Waals surface area contributed by atoms with Gasteiger partial charge in [-0.1, -0.05) is 20.3 Å². The molecule has 1 heterocycles. The maximum Gasteiger partial charge on any atom is 0.0597 e. The molecular formula is C11H24N2O. The first-order chi connectivity index (χ1) is 6.61. The van der Waals surface area contributed by atoms with Gasteiger partial charge in [-0.2, -0.15) is 0 Å². The van der Waals surface area contributed by atoms with Crippen molar-refractivity contribution in [1.29, 1.82) is 0 Å². The smallest absolute Gasteiger partial charge is 0.0597 e. The third kappa shape index (κ3) is 2.27. The first kappa shape index (κ1) is 12.0. The fourth-order valence-corrected chi connectivity index (χ4v) is 2.69. The lowest BCUT2D eigenvalue weighted by atomic mass is 9.82. The molecule has 0 aromatic heterocycles. The van der Waals surface area contributed by atoms with Gasteiger partial charge in [-0.05, 0) is 26.2 Å². The van der Waals surface area contributed by atoms with E-state index in [4.69, 9.17) is 10.6 Å². The quantitative estimate of drug-likeness (QED) is 0.536. The summed E-state index contributed by atoms with van der Waals surface area (Å²) < 4.78 is 5.82. The van der Waals surface area contributed by atoms with Gasteiger partial charge in [0.2, 0.25) is 0 Å². The van der Waals surface area contributed by atoms with E-state index < -0.39 is 0 Å². The number of hydrogen-bond donors (Lipinski definition) is 2. The lowest BCUT2D eigenvalue weighted by Gasteiger charge is -2.28. The van der Waals surface area contributed by atoms with Gasteiger partial charge in [0, 0.05) is 12.0 Å². The van der Waals surface area contributed by atoms with Gasteiger partial charge >= 0.3 is 0 Å². The summed E-state index contributed by atoms with van der Waals surface area (Å²) in [6.07, 6.45) is 2.99. The van der Waals surface area contributed by atoms with Crippen LogP contribution in [0, 0.1) is 11.8 Å². The Labute approximate surface area is 87.4 Å². The highest BCUT2D eigenvalue weighted by atomic mass is 16.5. The Morgan fingerprint density at radius 3 is 2.29 bits per heavy atom. The third-order valence-electron chi connectivity index (χ3n) is 3.60. The summed E-state index contributed by atoms with van der Waals surface area (Å²) in [5.74, 6) is 6.75. The van der Waals surface area contributed by atoms with Crippen LogP contribution in [0.15, 0.2) is 0 Å². The molecule has 0 aliphatic carbocycles. The van der Waals surface area contributed by atoms with Crippen LogP contribution in [-0.4, -0.2) is 18.2 Å². The van der Waals surface area contributed by atoms with Crippen molar-refractivity contribution in [3.63, 3.8) is 0 Å². The van der Waals surface area contributed by atoms with Crippen LogP contribution in [0.25, 0.3) is 0 Å². The first-order valence-electron chi connectivity index (χ1n) is 5.73. The van der Waals surface area contributed by atoms with Gasteiger partial charge in [0.25, 0.3) is 0 Å². The monoisotopic (exact) mass is 200 g/mol. The zero-order chi connectivity index (χ0) is 10.7. The maximum absolute atomic E-state index is 5.82. The molecule has 1 rings (SSSR count). The van der Waals surface area contributed by atoms with Crippen molar-refractivity contribution in [1.82, 2.24) is 5.43 Å². The van der Waals surface area contributed by atoms with Gasteiger partial charge in [0.05, 0.1) is 12.2 Å². The molecule has 1 saturated heterocycles. The van der Waals surface area contributed by atoms with Crippen LogP contribution in [-0.2, 0) is 4.74 Å². The molecule has 1 fully saturated rings. The molecule has 0 saturated carbocycles. The normalized spacial score (nSPS) is 40.1. The Bertz CT molecular complexity index is 175. The van der Waals surface area contributed by atoms with Crippen molar-refractivity contribution in [2.45, 2.75) is 58.8 Å². The molecule has 3 heteroatoms. The zero-order valence-electron chi connectivity index (χ0n) is 9.79. The Morgan fingerprint density at radius 1 is 1.29 bits per heavy atom. The summed E-state index contributed by atoms with van der Waals surface area (Å²) >= 11 is 0. The van der Waals surface area contributed by atoms with E-state index in [1.165, 1.54) is 6.42 Å². The zero-order valence-corrected chi connectivity index (χ0v) is 9.79. The van der Waals surface area contributed by atoms with Crippen molar-refractivity contribution in [3.8, 4) is 0 Å². The summed E-state index contributed by atoms with van der Waals surface area (Å²) in [6, 6.07) is 0.398. The van der Waals surface area contributed by atoms with Gasteiger partial charge in [-0.3, -0.25) is 11.3 Å². The minimum absolute atomic E-state index is 0.326. The predicted octanol–water partition coefficient (Wildman–Crippen LogP) is 1.68. The molecule has 1 aliphatic rings. The third-order valence-corrected chi connectivity index (χ3v) is 3.60. The molecule has 3 nitrogen and oxygen atoms in total. The second-order valence-corrected chi connectivity index (χ2v) is 4.54. The maximum atomic E-state index is 5.82. The topological polar surface area (TPSA) is 47.3 Å². The van der Waals surface area contributed by atoms with Gasteiger partial charge in [-0.25, -0.2) is 0 Å². The largest absolute Gasteiger partial charge is 0.375 e. The van der Waals surface area contributed by atoms with Gasteiger partial charge in [0.15, 0.2) is 0 Å². The highest BCUT2D eigenvalue weighted by molar-refractivity contribution is 4.90. The van der Waals surface area contributed by atoms with Crippen molar-refractivity contribution >= 4 is 0 Å². The molecule has 5 unspecified atom stereocenters. The van der Waals surface area contributed by atoms with Crippen LogP contribution in [0.2, 0.25) is 0 Å². The van der Waals surface area contributed by atoms with E-state index in [0.29, 0.717) is 30.1 Å². The molecule has 0 amide bonds. The van der Waals surface area contributed by atoms with Crippen LogP contribution < -0.4 is 11.3 Å². The van der Waals surface area contributed by atoms with Crippen LogP contribution in [0.3, 0.4) is 0 Å². The van der Waals surface area contributed by atoms with Gasteiger partial charge < -0.3 is 4.74 Å². The van der Waals surface area contributed by atoms with Crippen molar-refractivity contribution in [2.75, 3.05) is 0 Å². The lowest BCUT2D eigenvalue weighted by molar-refractivity contribution is 0.0471. The summed E-state index contributed by atoms with van der Waals surface area (Å²) in [7, 11) is 0. The van der Waals surface area contributed by atoms with E-state index in [1.807, 2.05) is 0 Å². The number of hydrazine groups is 1. The van der Waals surface area contributed by atoms with Crippen molar-refractivity contribution in [3.05, 3.63) is 0 Å². The fourth-order valence-electron chi connectivity index (χ4n) is 2.69. The summed E-state index contributed by atoms with van der Waals surface area (Å²) in [4.78, 5) is 0. The van der Waals surface area contributed by atoms with E-state index >= 15 is 0 Å². The summed E-state index contributed by atoms with van der Waals surface area (Å²) in [6.45, 7) is 8.77. The molecule has 84 valence electrons. The Morgan fingerprint density at radius 2 is 1.93 bits per heavy atom. The number of ether oxygens (including phenoxy) is 1. The average Bonchev–Trinajstić information content (AvgIpc) is 2.39. The second-order valence-electron chi connectivity index (χ2n) is 4.54. The molecule has 5 atom stereocenters. The minimum Gasteiger partial charge on any atom is -0.375 e. The molecule has 1 aliphatic heterocycles. The van der Waals surface area contributed by atoms with Gasteiger partial charge in [-0.15, -0.1) is 0 Å². The van der Waals surface area contributed by atoms with E-state index in [-0.39, 0.29) is 0 Å². The van der Waals surface area contributed by atoms with E-state index in [2.05, 4.69) is 33.1 Å². The highest BCUT2D eigenvalue weighted by Gasteiger charge is 2.40. The first-order valence-corrected chi connectivity index (χ1v) is 5.73. The van der Waals surface area contributed by atoms with E-state index in [0.717, 1.165) is 6.42 Å².